The zero-order chi connectivity index (χ0) is 35.7. The highest BCUT2D eigenvalue weighted by Gasteiger charge is 2.47. The maximum Gasteiger partial charge on any atom is 0.229 e. The fourth-order valence-corrected chi connectivity index (χ4v) is 7.83. The van der Waals surface area contributed by atoms with Crippen LogP contribution in [0.2, 0.25) is 0 Å². The Labute approximate surface area is 301 Å². The van der Waals surface area contributed by atoms with E-state index >= 15 is 0 Å². The van der Waals surface area contributed by atoms with Crippen LogP contribution in [0.4, 0.5) is 11.8 Å². The summed E-state index contributed by atoms with van der Waals surface area (Å²) in [5.74, 6) is 0.849. The highest BCUT2D eigenvalue weighted by atomic mass is 16.6. The number of rotatable bonds is 11. The molecule has 11 heteroatoms. The van der Waals surface area contributed by atoms with Crippen LogP contribution < -0.4 is 10.2 Å². The van der Waals surface area contributed by atoms with Crippen molar-refractivity contribution in [3.05, 3.63) is 150 Å². The Morgan fingerprint density at radius 1 is 0.788 bits per heavy atom. The quantitative estimate of drug-likeness (QED) is 0.130. The van der Waals surface area contributed by atoms with E-state index in [1.807, 2.05) is 97.1 Å². The van der Waals surface area contributed by atoms with E-state index in [-0.39, 0.29) is 5.92 Å². The molecule has 4 aromatic carbocycles. The van der Waals surface area contributed by atoms with Crippen LogP contribution in [0.1, 0.15) is 47.2 Å². The van der Waals surface area contributed by atoms with Gasteiger partial charge in [-0.1, -0.05) is 121 Å². The smallest absolute Gasteiger partial charge is 0.229 e. The highest BCUT2D eigenvalue weighted by Crippen LogP contribution is 2.42. The van der Waals surface area contributed by atoms with Gasteiger partial charge in [-0.05, 0) is 35.1 Å². The normalized spacial score (nSPS) is 22.0. The SMILES string of the molecule is OC[C@H]1O[C@@H](n2cnc3c(NCC(c4ccccc4)c4ccccc4)nc(N4CCC[C@@H]4C(O)(c4ccccc4)c4ccccc4)nc32)[C@H](O)[C@@H]1O. The lowest BCUT2D eigenvalue weighted by molar-refractivity contribution is -0.0511. The predicted octanol–water partition coefficient (Wildman–Crippen LogP) is 4.59. The summed E-state index contributed by atoms with van der Waals surface area (Å²) in [6, 6.07) is 39.6. The standard InChI is InChI=1S/C41H42N6O5/c48-25-32-35(49)36(50)39(52-32)47-26-43-34-37(42-24-31(27-14-5-1-6-15-27)28-16-7-2-8-17-28)44-40(45-38(34)47)46-23-13-22-33(46)41(51,29-18-9-3-10-19-29)30-20-11-4-12-21-30/h1-12,14-21,26,31-33,35-36,39,48-51H,13,22-25H2,(H,42,44,45)/t32-,33-,35-,36-,39-/m1/s1. The maximum absolute atomic E-state index is 12.9. The van der Waals surface area contributed by atoms with Crippen molar-refractivity contribution in [1.29, 1.82) is 0 Å². The summed E-state index contributed by atoms with van der Waals surface area (Å²) in [5, 5.41) is 48.0. The first-order chi connectivity index (χ1) is 25.5. The Morgan fingerprint density at radius 2 is 1.37 bits per heavy atom. The summed E-state index contributed by atoms with van der Waals surface area (Å²) in [5.41, 5.74) is 3.26. The van der Waals surface area contributed by atoms with E-state index in [1.54, 1.807) is 4.57 Å². The second kappa shape index (κ2) is 14.5. The topological polar surface area (TPSA) is 149 Å². The molecule has 0 amide bonds. The van der Waals surface area contributed by atoms with Crippen molar-refractivity contribution >= 4 is 22.9 Å². The van der Waals surface area contributed by atoms with E-state index < -0.39 is 42.8 Å². The fraction of sp³-hybridized carbons (Fsp3) is 0.293. The Balaban J connectivity index is 1.24. The molecule has 0 saturated carbocycles. The summed E-state index contributed by atoms with van der Waals surface area (Å²) in [4.78, 5) is 16.9. The van der Waals surface area contributed by atoms with Gasteiger partial charge < -0.3 is 35.4 Å². The van der Waals surface area contributed by atoms with Gasteiger partial charge in [0.05, 0.1) is 19.0 Å². The first kappa shape index (κ1) is 33.9. The van der Waals surface area contributed by atoms with E-state index in [1.165, 1.54) is 6.33 Å². The van der Waals surface area contributed by atoms with Gasteiger partial charge in [0.15, 0.2) is 23.2 Å². The van der Waals surface area contributed by atoms with Crippen LogP contribution in [0.25, 0.3) is 11.2 Å². The Bertz CT molecular complexity index is 2010. The van der Waals surface area contributed by atoms with E-state index in [0.717, 1.165) is 28.7 Å². The number of aliphatic hydroxyl groups excluding tert-OH is 3. The first-order valence-electron chi connectivity index (χ1n) is 17.8. The van der Waals surface area contributed by atoms with Gasteiger partial charge in [-0.15, -0.1) is 0 Å². The number of aromatic nitrogens is 4. The molecule has 2 aliphatic rings. The molecule has 0 aliphatic carbocycles. The van der Waals surface area contributed by atoms with Crippen LogP contribution >= 0.6 is 0 Å². The number of imidazole rings is 1. The number of ether oxygens (including phenoxy) is 1. The van der Waals surface area contributed by atoms with Gasteiger partial charge >= 0.3 is 0 Å². The van der Waals surface area contributed by atoms with E-state index in [9.17, 15) is 20.4 Å². The van der Waals surface area contributed by atoms with Gasteiger partial charge in [-0.2, -0.15) is 9.97 Å². The third-order valence-corrected chi connectivity index (χ3v) is 10.5. The van der Waals surface area contributed by atoms with E-state index in [2.05, 4.69) is 34.5 Å². The van der Waals surface area contributed by atoms with Crippen molar-refractivity contribution in [1.82, 2.24) is 19.5 Å². The van der Waals surface area contributed by atoms with Crippen molar-refractivity contribution in [2.45, 2.75) is 54.9 Å². The van der Waals surface area contributed by atoms with Crippen LogP contribution in [0, 0.1) is 0 Å². The van der Waals surface area contributed by atoms with Crippen molar-refractivity contribution in [2.24, 2.45) is 0 Å². The molecular weight excluding hydrogens is 656 g/mol. The third kappa shape index (κ3) is 6.10. The van der Waals surface area contributed by atoms with Crippen molar-refractivity contribution < 1.29 is 25.2 Å². The predicted molar refractivity (Wildman–Crippen MR) is 198 cm³/mol. The molecule has 2 aliphatic heterocycles. The lowest BCUT2D eigenvalue weighted by atomic mass is 9.79. The number of aliphatic hydroxyl groups is 4. The zero-order valence-electron chi connectivity index (χ0n) is 28.6. The highest BCUT2D eigenvalue weighted by molar-refractivity contribution is 5.84. The van der Waals surface area contributed by atoms with Crippen molar-refractivity contribution in [2.75, 3.05) is 29.9 Å². The van der Waals surface area contributed by atoms with Gasteiger partial charge in [0, 0.05) is 19.0 Å². The molecule has 266 valence electrons. The maximum atomic E-state index is 12.9. The van der Waals surface area contributed by atoms with Crippen LogP contribution in [-0.2, 0) is 10.3 Å². The van der Waals surface area contributed by atoms with E-state index in [4.69, 9.17) is 19.7 Å². The van der Waals surface area contributed by atoms with Crippen LogP contribution in [-0.4, -0.2) is 84.0 Å². The number of hydrogen-bond donors (Lipinski definition) is 5. The van der Waals surface area contributed by atoms with Gasteiger partial charge in [0.1, 0.15) is 23.9 Å². The molecule has 2 fully saturated rings. The molecule has 6 aromatic rings. The Morgan fingerprint density at radius 3 is 1.92 bits per heavy atom. The molecule has 0 spiro atoms. The summed E-state index contributed by atoms with van der Waals surface area (Å²) in [7, 11) is 0. The lowest BCUT2D eigenvalue weighted by Gasteiger charge is -2.40. The summed E-state index contributed by atoms with van der Waals surface area (Å²) in [6.45, 7) is 0.625. The van der Waals surface area contributed by atoms with E-state index in [0.29, 0.717) is 42.4 Å². The minimum absolute atomic E-state index is 0.0146. The van der Waals surface area contributed by atoms with Crippen molar-refractivity contribution in [3.8, 4) is 0 Å². The molecule has 0 bridgehead atoms. The van der Waals surface area contributed by atoms with Gasteiger partial charge in [-0.25, -0.2) is 4.98 Å². The van der Waals surface area contributed by atoms with Crippen LogP contribution in [0.5, 0.6) is 0 Å². The van der Waals surface area contributed by atoms with Gasteiger partial charge in [-0.3, -0.25) is 4.57 Å². The second-order valence-electron chi connectivity index (χ2n) is 13.5. The number of nitrogens with one attached hydrogen (secondary N) is 1. The average molecular weight is 699 g/mol. The third-order valence-electron chi connectivity index (χ3n) is 10.5. The molecule has 5 atom stereocenters. The van der Waals surface area contributed by atoms with Crippen LogP contribution in [0.3, 0.4) is 0 Å². The zero-order valence-corrected chi connectivity index (χ0v) is 28.6. The molecule has 11 nitrogen and oxygen atoms in total. The Kier molecular flexibility index (Phi) is 9.43. The number of hydrogen-bond acceptors (Lipinski definition) is 10. The van der Waals surface area contributed by atoms with Gasteiger partial charge in [0.2, 0.25) is 5.95 Å². The summed E-state index contributed by atoms with van der Waals surface area (Å²) >= 11 is 0. The first-order valence-corrected chi connectivity index (χ1v) is 17.8. The molecule has 52 heavy (non-hydrogen) atoms. The Hall–Kier alpha value is -5.17. The summed E-state index contributed by atoms with van der Waals surface area (Å²) < 4.78 is 7.53. The molecule has 8 rings (SSSR count). The fourth-order valence-electron chi connectivity index (χ4n) is 7.83. The minimum Gasteiger partial charge on any atom is -0.394 e. The lowest BCUT2D eigenvalue weighted by Crippen LogP contribution is -2.49. The molecule has 4 heterocycles. The number of anilines is 2. The van der Waals surface area contributed by atoms with Gasteiger partial charge in [0.25, 0.3) is 0 Å². The molecule has 5 N–H and O–H groups in total. The minimum atomic E-state index is -1.39. The largest absolute Gasteiger partial charge is 0.394 e. The summed E-state index contributed by atoms with van der Waals surface area (Å²) in [6.07, 6.45) is -1.63. The second-order valence-corrected chi connectivity index (χ2v) is 13.5. The number of benzene rings is 4. The monoisotopic (exact) mass is 698 g/mol. The average Bonchev–Trinajstić information content (AvgIpc) is 3.94. The number of nitrogens with zero attached hydrogens (tertiary/aromatic N) is 5. The molecule has 0 radical (unpaired) electrons. The van der Waals surface area contributed by atoms with Crippen LogP contribution in [0.15, 0.2) is 128 Å². The number of fused-ring (bicyclic) bond motifs is 1. The molecule has 2 saturated heterocycles. The molecule has 2 aromatic heterocycles. The molecule has 0 unspecified atom stereocenters. The molecular formula is C41H42N6O5. The van der Waals surface area contributed by atoms with Crippen molar-refractivity contribution in [3.63, 3.8) is 0 Å².